The first-order valence-corrected chi connectivity index (χ1v) is 7.17. The van der Waals surface area contributed by atoms with Gasteiger partial charge in [-0.1, -0.05) is 59.0 Å². The van der Waals surface area contributed by atoms with E-state index >= 15 is 0 Å². The number of aryl methyl sites for hydroxylation is 2. The zero-order valence-electron chi connectivity index (χ0n) is 10.7. The summed E-state index contributed by atoms with van der Waals surface area (Å²) >= 11 is 2.16. The summed E-state index contributed by atoms with van der Waals surface area (Å²) in [6, 6.07) is 6.01. The highest BCUT2D eigenvalue weighted by molar-refractivity contribution is 14.1. The Bertz CT molecular complexity index is 443. The second-order valence-corrected chi connectivity index (χ2v) is 4.82. The zero-order chi connectivity index (χ0) is 13.4. The predicted molar refractivity (Wildman–Crippen MR) is 86.1 cm³/mol. The summed E-state index contributed by atoms with van der Waals surface area (Å²) in [5, 5.41) is 2.98. The number of hydrogen-bond acceptors (Lipinski definition) is 1. The summed E-state index contributed by atoms with van der Waals surface area (Å²) in [4.78, 5) is 11.8. The number of carbonyl (C=O) groups excluding carboxylic acids is 1. The summed E-state index contributed by atoms with van der Waals surface area (Å²) in [6.45, 7) is 4.02. The largest absolute Gasteiger partial charge is 0.326 e. The van der Waals surface area contributed by atoms with E-state index in [-0.39, 0.29) is 5.91 Å². The number of rotatable bonds is 5. The lowest BCUT2D eigenvalue weighted by atomic mass is 10.1. The number of halogens is 1. The second kappa shape index (κ2) is 8.08. The van der Waals surface area contributed by atoms with Crippen molar-refractivity contribution in [3.63, 3.8) is 0 Å². The molecule has 2 nitrogen and oxygen atoms in total. The summed E-state index contributed by atoms with van der Waals surface area (Å²) < 4.78 is 1.94. The molecule has 0 bridgehead atoms. The third-order valence-electron chi connectivity index (χ3n) is 2.60. The summed E-state index contributed by atoms with van der Waals surface area (Å²) in [5.41, 5.74) is 3.15. The normalized spacial score (nSPS) is 11.3. The average Bonchev–Trinajstić information content (AvgIpc) is 2.34. The van der Waals surface area contributed by atoms with Crippen LogP contribution >= 0.6 is 22.6 Å². The first kappa shape index (κ1) is 15.0. The Morgan fingerprint density at radius 2 is 1.94 bits per heavy atom. The van der Waals surface area contributed by atoms with Crippen molar-refractivity contribution in [2.24, 2.45) is 0 Å². The summed E-state index contributed by atoms with van der Waals surface area (Å²) in [5.74, 6) is 0.0653. The molecule has 1 N–H and O–H groups in total. The molecule has 0 atom stereocenters. The Kier molecular flexibility index (Phi) is 6.72. The van der Waals surface area contributed by atoms with Crippen molar-refractivity contribution in [3.8, 4) is 0 Å². The monoisotopic (exact) mass is 355 g/mol. The number of benzene rings is 1. The van der Waals surface area contributed by atoms with Crippen LogP contribution in [0.15, 0.2) is 40.5 Å². The minimum absolute atomic E-state index is 0.0653. The molecule has 0 aliphatic carbocycles. The average molecular weight is 355 g/mol. The molecule has 96 valence electrons. The molecule has 18 heavy (non-hydrogen) atoms. The van der Waals surface area contributed by atoms with Crippen molar-refractivity contribution in [2.75, 3.05) is 5.32 Å². The third-order valence-corrected chi connectivity index (χ3v) is 3.02. The fourth-order valence-electron chi connectivity index (χ4n) is 1.64. The van der Waals surface area contributed by atoms with Crippen molar-refractivity contribution in [2.45, 2.75) is 26.7 Å². The molecule has 0 heterocycles. The van der Waals surface area contributed by atoms with Gasteiger partial charge in [-0.2, -0.15) is 0 Å². The molecule has 0 saturated carbocycles. The van der Waals surface area contributed by atoms with Crippen LogP contribution in [0.4, 0.5) is 5.69 Å². The van der Waals surface area contributed by atoms with Gasteiger partial charge in [0.2, 0.25) is 5.91 Å². The number of nitrogens with one attached hydrogen (secondary N) is 1. The Labute approximate surface area is 122 Å². The fourth-order valence-corrected chi connectivity index (χ4v) is 1.88. The van der Waals surface area contributed by atoms with Gasteiger partial charge in [-0.25, -0.2) is 0 Å². The Hall–Kier alpha value is -1.10. The lowest BCUT2D eigenvalue weighted by molar-refractivity contribution is -0.116. The van der Waals surface area contributed by atoms with E-state index in [4.69, 9.17) is 0 Å². The lowest BCUT2D eigenvalue weighted by Gasteiger charge is -2.10. The van der Waals surface area contributed by atoms with Crippen molar-refractivity contribution in [1.29, 1.82) is 0 Å². The van der Waals surface area contributed by atoms with E-state index in [9.17, 15) is 4.79 Å². The standard InChI is InChI=1S/C15H18INO/c1-12-8-7-9-13(2)15(12)17-14(18)10-5-3-4-6-11-16/h3-4,6-9,11H,5,10H2,1-2H3,(H,17,18)/b4-3+,11-6-. The first-order valence-electron chi connectivity index (χ1n) is 5.93. The SMILES string of the molecule is Cc1cccc(C)c1NC(=O)CC/C=C/C=C\I. The van der Waals surface area contributed by atoms with Gasteiger partial charge >= 0.3 is 0 Å². The van der Waals surface area contributed by atoms with E-state index in [1.54, 1.807) is 0 Å². The molecule has 0 aromatic heterocycles. The van der Waals surface area contributed by atoms with Crippen LogP contribution in [0.2, 0.25) is 0 Å². The molecule has 0 aliphatic rings. The quantitative estimate of drug-likeness (QED) is 0.610. The van der Waals surface area contributed by atoms with E-state index in [0.717, 1.165) is 23.2 Å². The summed E-state index contributed by atoms with van der Waals surface area (Å²) in [7, 11) is 0. The Morgan fingerprint density at radius 1 is 1.28 bits per heavy atom. The number of anilines is 1. The van der Waals surface area contributed by atoms with Crippen LogP contribution in [0.5, 0.6) is 0 Å². The van der Waals surface area contributed by atoms with Crippen LogP contribution in [0, 0.1) is 13.8 Å². The van der Waals surface area contributed by atoms with Gasteiger partial charge in [0.05, 0.1) is 0 Å². The topological polar surface area (TPSA) is 29.1 Å². The second-order valence-electron chi connectivity index (χ2n) is 4.10. The van der Waals surface area contributed by atoms with Gasteiger partial charge in [0, 0.05) is 12.1 Å². The van der Waals surface area contributed by atoms with E-state index in [1.807, 2.05) is 54.4 Å². The van der Waals surface area contributed by atoms with Gasteiger partial charge in [0.25, 0.3) is 0 Å². The highest BCUT2D eigenvalue weighted by atomic mass is 127. The van der Waals surface area contributed by atoms with Gasteiger partial charge in [-0.05, 0) is 35.5 Å². The highest BCUT2D eigenvalue weighted by Gasteiger charge is 2.05. The highest BCUT2D eigenvalue weighted by Crippen LogP contribution is 2.19. The Morgan fingerprint density at radius 3 is 2.56 bits per heavy atom. The van der Waals surface area contributed by atoms with E-state index < -0.39 is 0 Å². The molecule has 0 saturated heterocycles. The molecule has 0 spiro atoms. The number of allylic oxidation sites excluding steroid dienone is 3. The maximum atomic E-state index is 11.8. The van der Waals surface area contributed by atoms with Crippen LogP contribution in [-0.4, -0.2) is 5.91 Å². The van der Waals surface area contributed by atoms with E-state index in [2.05, 4.69) is 27.9 Å². The van der Waals surface area contributed by atoms with Gasteiger partial charge in [-0.3, -0.25) is 4.79 Å². The molecular weight excluding hydrogens is 337 g/mol. The van der Waals surface area contributed by atoms with Crippen molar-refractivity contribution in [1.82, 2.24) is 0 Å². The zero-order valence-corrected chi connectivity index (χ0v) is 12.9. The molecule has 3 heteroatoms. The van der Waals surface area contributed by atoms with Crippen molar-refractivity contribution < 1.29 is 4.79 Å². The van der Waals surface area contributed by atoms with E-state index in [0.29, 0.717) is 6.42 Å². The molecule has 1 aromatic carbocycles. The molecular formula is C15H18INO. The Balaban J connectivity index is 2.50. The number of hydrogen-bond donors (Lipinski definition) is 1. The molecule has 1 amide bonds. The molecule has 1 rings (SSSR count). The van der Waals surface area contributed by atoms with Gasteiger partial charge in [0.15, 0.2) is 0 Å². The minimum atomic E-state index is 0.0653. The van der Waals surface area contributed by atoms with Gasteiger partial charge in [-0.15, -0.1) is 0 Å². The summed E-state index contributed by atoms with van der Waals surface area (Å²) in [6.07, 6.45) is 7.18. The number of carbonyl (C=O) groups is 1. The van der Waals surface area contributed by atoms with Crippen LogP contribution in [0.3, 0.4) is 0 Å². The van der Waals surface area contributed by atoms with Crippen LogP contribution in [-0.2, 0) is 4.79 Å². The molecule has 0 fully saturated rings. The number of para-hydroxylation sites is 1. The first-order chi connectivity index (χ1) is 8.65. The van der Waals surface area contributed by atoms with E-state index in [1.165, 1.54) is 0 Å². The van der Waals surface area contributed by atoms with Crippen molar-refractivity contribution >= 4 is 34.2 Å². The molecule has 0 unspecified atom stereocenters. The molecule has 0 aliphatic heterocycles. The minimum Gasteiger partial charge on any atom is -0.326 e. The van der Waals surface area contributed by atoms with Crippen LogP contribution in [0.1, 0.15) is 24.0 Å². The fraction of sp³-hybridized carbons (Fsp3) is 0.267. The predicted octanol–water partition coefficient (Wildman–Crippen LogP) is 4.53. The number of amides is 1. The smallest absolute Gasteiger partial charge is 0.224 e. The van der Waals surface area contributed by atoms with Crippen molar-refractivity contribution in [3.05, 3.63) is 51.6 Å². The van der Waals surface area contributed by atoms with Gasteiger partial charge in [0.1, 0.15) is 0 Å². The molecule has 0 radical (unpaired) electrons. The maximum Gasteiger partial charge on any atom is 0.224 e. The maximum absolute atomic E-state index is 11.8. The van der Waals surface area contributed by atoms with Gasteiger partial charge < -0.3 is 5.32 Å². The lowest BCUT2D eigenvalue weighted by Crippen LogP contribution is -2.12. The molecule has 1 aromatic rings. The third kappa shape index (κ3) is 5.04. The van der Waals surface area contributed by atoms with Crippen LogP contribution < -0.4 is 5.32 Å². The van der Waals surface area contributed by atoms with Crippen LogP contribution in [0.25, 0.3) is 0 Å².